The maximum Gasteiger partial charge on any atom is 0.184 e. The van der Waals surface area contributed by atoms with E-state index in [1.807, 2.05) is 0 Å². The largest absolute Gasteiger partial charge is 0.289 e. The summed E-state index contributed by atoms with van der Waals surface area (Å²) in [5.74, 6) is 0. The number of aryl methyl sites for hydroxylation is 3. The monoisotopic (exact) mass is 306 g/mol. The molecule has 1 rings (SSSR count). The first-order valence-corrected chi connectivity index (χ1v) is 10.1. The second-order valence-corrected chi connectivity index (χ2v) is 8.51. The second-order valence-electron chi connectivity index (χ2n) is 6.13. The summed E-state index contributed by atoms with van der Waals surface area (Å²) in [5, 5.41) is 0. The molecule has 0 saturated carbocycles. The zero-order valence-electron chi connectivity index (χ0n) is 14.5. The Balaban J connectivity index is 2.93. The molecular weight excluding hydrogens is 275 g/mol. The lowest BCUT2D eigenvalue weighted by Crippen LogP contribution is -2.08. The van der Waals surface area contributed by atoms with E-state index in [0.717, 1.165) is 29.0 Å². The molecule has 0 saturated heterocycles. The van der Waals surface area contributed by atoms with Gasteiger partial charge in [0.2, 0.25) is 0 Å². The lowest BCUT2D eigenvalue weighted by atomic mass is 10.0. The number of benzene rings is 1. The highest BCUT2D eigenvalue weighted by Gasteiger charge is 2.22. The van der Waals surface area contributed by atoms with Crippen molar-refractivity contribution in [3.8, 4) is 0 Å². The van der Waals surface area contributed by atoms with Gasteiger partial charge in [-0.1, -0.05) is 50.8 Å². The molecule has 0 aliphatic heterocycles. The van der Waals surface area contributed by atoms with Crippen molar-refractivity contribution in [1.82, 2.24) is 0 Å². The van der Waals surface area contributed by atoms with Crippen LogP contribution in [0.2, 0.25) is 0 Å². The fraction of sp³-hybridized carbons (Fsp3) is 0.632. The summed E-state index contributed by atoms with van der Waals surface area (Å²) in [6.45, 7) is 10.7. The van der Waals surface area contributed by atoms with E-state index in [2.05, 4.69) is 46.8 Å². The third-order valence-corrected chi connectivity index (χ3v) is 6.50. The molecule has 2 heteroatoms. The zero-order chi connectivity index (χ0) is 15.8. The summed E-state index contributed by atoms with van der Waals surface area (Å²) < 4.78 is 0. The number of carbonyl (C=O) groups is 1. The van der Waals surface area contributed by atoms with Crippen LogP contribution in [0.5, 0.6) is 0 Å². The molecule has 0 fully saturated rings. The molecule has 0 spiro atoms. The Morgan fingerprint density at radius 3 is 1.95 bits per heavy atom. The normalized spacial score (nSPS) is 12.4. The maximum absolute atomic E-state index is 13.0. The summed E-state index contributed by atoms with van der Waals surface area (Å²) in [6.07, 6.45) is 8.30. The number of carbonyl (C=O) groups excluding carboxylic acids is 1. The minimum atomic E-state index is -0.497. The van der Waals surface area contributed by atoms with Crippen LogP contribution in [0, 0.1) is 20.8 Å². The van der Waals surface area contributed by atoms with E-state index >= 15 is 0 Å². The first-order valence-electron chi connectivity index (χ1n) is 8.38. The molecule has 1 unspecified atom stereocenters. The first-order chi connectivity index (χ1) is 10.0. The second kappa shape index (κ2) is 9.36. The Morgan fingerprint density at radius 1 is 0.905 bits per heavy atom. The molecule has 118 valence electrons. The highest BCUT2D eigenvalue weighted by Crippen LogP contribution is 2.43. The lowest BCUT2D eigenvalue weighted by molar-refractivity contribution is 0.108. The average molecular weight is 306 g/mol. The summed E-state index contributed by atoms with van der Waals surface area (Å²) in [5.41, 5.74) is 5.04. The van der Waals surface area contributed by atoms with E-state index in [1.165, 1.54) is 37.7 Å². The van der Waals surface area contributed by atoms with E-state index in [4.69, 9.17) is 0 Å². The van der Waals surface area contributed by atoms with Crippen LogP contribution in [0.3, 0.4) is 0 Å². The van der Waals surface area contributed by atoms with Crippen LogP contribution in [0.4, 0.5) is 0 Å². The van der Waals surface area contributed by atoms with Crippen LogP contribution in [0.1, 0.15) is 73.0 Å². The third kappa shape index (κ3) is 5.55. The van der Waals surface area contributed by atoms with E-state index in [1.54, 1.807) is 0 Å². The SMILES string of the molecule is CCCCCP(CCCC)C(=O)c1c(C)cc(C)cc1C. The van der Waals surface area contributed by atoms with Gasteiger partial charge < -0.3 is 0 Å². The van der Waals surface area contributed by atoms with Crippen LogP contribution in [-0.4, -0.2) is 17.8 Å². The smallest absolute Gasteiger partial charge is 0.184 e. The van der Waals surface area contributed by atoms with Gasteiger partial charge in [0.15, 0.2) is 5.52 Å². The van der Waals surface area contributed by atoms with Crippen molar-refractivity contribution in [2.24, 2.45) is 0 Å². The Morgan fingerprint density at radius 2 is 1.43 bits per heavy atom. The molecule has 0 amide bonds. The van der Waals surface area contributed by atoms with Gasteiger partial charge in [-0.05, 0) is 65.0 Å². The average Bonchev–Trinajstić information content (AvgIpc) is 2.41. The quantitative estimate of drug-likeness (QED) is 0.391. The predicted molar refractivity (Wildman–Crippen MR) is 96.1 cm³/mol. The minimum Gasteiger partial charge on any atom is -0.289 e. The number of rotatable bonds is 9. The molecule has 1 aromatic carbocycles. The molecule has 0 bridgehead atoms. The summed E-state index contributed by atoms with van der Waals surface area (Å²) in [6, 6.07) is 4.30. The van der Waals surface area contributed by atoms with Crippen LogP contribution in [0.15, 0.2) is 12.1 Å². The number of hydrogen-bond donors (Lipinski definition) is 0. The Hall–Kier alpha value is -0.680. The van der Waals surface area contributed by atoms with Crippen molar-refractivity contribution in [2.75, 3.05) is 12.3 Å². The molecule has 1 atom stereocenters. The van der Waals surface area contributed by atoms with E-state index in [0.29, 0.717) is 5.52 Å². The van der Waals surface area contributed by atoms with Crippen molar-refractivity contribution in [2.45, 2.75) is 66.7 Å². The lowest BCUT2D eigenvalue weighted by Gasteiger charge is -2.19. The van der Waals surface area contributed by atoms with Gasteiger partial charge in [0.25, 0.3) is 0 Å². The molecule has 0 aliphatic rings. The van der Waals surface area contributed by atoms with Crippen molar-refractivity contribution < 1.29 is 4.79 Å². The standard InChI is InChI=1S/C19H31OP/c1-6-8-10-12-21(11-9-7-2)19(20)18-16(4)13-15(3)14-17(18)5/h13-14H,6-12H2,1-5H3. The van der Waals surface area contributed by atoms with Crippen molar-refractivity contribution in [3.63, 3.8) is 0 Å². The topological polar surface area (TPSA) is 17.1 Å². The van der Waals surface area contributed by atoms with Gasteiger partial charge in [-0.3, -0.25) is 4.79 Å². The molecule has 0 N–H and O–H groups in total. The third-order valence-electron chi connectivity index (χ3n) is 3.99. The molecule has 1 aromatic rings. The van der Waals surface area contributed by atoms with Crippen LogP contribution >= 0.6 is 7.92 Å². The molecule has 0 radical (unpaired) electrons. The van der Waals surface area contributed by atoms with E-state index in [-0.39, 0.29) is 0 Å². The Labute approximate surface area is 132 Å². The van der Waals surface area contributed by atoms with Gasteiger partial charge >= 0.3 is 0 Å². The molecule has 0 heterocycles. The van der Waals surface area contributed by atoms with E-state index in [9.17, 15) is 4.79 Å². The van der Waals surface area contributed by atoms with Gasteiger partial charge in [-0.2, -0.15) is 0 Å². The molecule has 0 aliphatic carbocycles. The Kier molecular flexibility index (Phi) is 8.19. The van der Waals surface area contributed by atoms with Crippen molar-refractivity contribution in [1.29, 1.82) is 0 Å². The van der Waals surface area contributed by atoms with Crippen LogP contribution < -0.4 is 0 Å². The fourth-order valence-electron chi connectivity index (χ4n) is 2.89. The minimum absolute atomic E-state index is 0.449. The fourth-order valence-corrected chi connectivity index (χ4v) is 5.49. The molecule has 1 nitrogen and oxygen atoms in total. The number of hydrogen-bond acceptors (Lipinski definition) is 1. The molecule has 0 aromatic heterocycles. The molecular formula is C19H31OP. The van der Waals surface area contributed by atoms with Gasteiger partial charge in [-0.15, -0.1) is 0 Å². The highest BCUT2D eigenvalue weighted by molar-refractivity contribution is 7.75. The van der Waals surface area contributed by atoms with Gasteiger partial charge in [-0.25, -0.2) is 0 Å². The maximum atomic E-state index is 13.0. The van der Waals surface area contributed by atoms with Crippen LogP contribution in [-0.2, 0) is 0 Å². The van der Waals surface area contributed by atoms with Gasteiger partial charge in [0.1, 0.15) is 0 Å². The van der Waals surface area contributed by atoms with Crippen molar-refractivity contribution >= 4 is 13.4 Å². The first kappa shape index (κ1) is 18.4. The summed E-state index contributed by atoms with van der Waals surface area (Å²) in [4.78, 5) is 13.0. The predicted octanol–water partition coefficient (Wildman–Crippen LogP) is 6.22. The highest BCUT2D eigenvalue weighted by atomic mass is 31.1. The van der Waals surface area contributed by atoms with Gasteiger partial charge in [0, 0.05) is 5.56 Å². The van der Waals surface area contributed by atoms with Crippen LogP contribution in [0.25, 0.3) is 0 Å². The van der Waals surface area contributed by atoms with E-state index < -0.39 is 7.92 Å². The summed E-state index contributed by atoms with van der Waals surface area (Å²) >= 11 is 0. The van der Waals surface area contributed by atoms with Gasteiger partial charge in [0.05, 0.1) is 0 Å². The summed E-state index contributed by atoms with van der Waals surface area (Å²) in [7, 11) is -0.497. The number of unbranched alkanes of at least 4 members (excludes halogenated alkanes) is 3. The molecule has 21 heavy (non-hydrogen) atoms. The Bertz CT molecular complexity index is 442. The van der Waals surface area contributed by atoms with Crippen molar-refractivity contribution in [3.05, 3.63) is 34.4 Å². The zero-order valence-corrected chi connectivity index (χ0v) is 15.4.